The predicted octanol–water partition coefficient (Wildman–Crippen LogP) is 3.64. The van der Waals surface area contributed by atoms with Gasteiger partial charge in [0.05, 0.1) is 11.1 Å². The Kier molecular flexibility index (Phi) is 4.47. The van der Waals surface area contributed by atoms with Crippen LogP contribution in [0.4, 0.5) is 0 Å². The van der Waals surface area contributed by atoms with Gasteiger partial charge in [-0.05, 0) is 28.5 Å². The molecule has 0 fully saturated rings. The van der Waals surface area contributed by atoms with E-state index in [-0.39, 0.29) is 5.91 Å². The second-order valence-corrected chi connectivity index (χ2v) is 5.45. The first-order chi connectivity index (χ1) is 9.16. The summed E-state index contributed by atoms with van der Waals surface area (Å²) in [5.41, 5.74) is 4.77. The summed E-state index contributed by atoms with van der Waals surface area (Å²) >= 11 is 1.40. The first-order valence-corrected chi connectivity index (χ1v) is 7.01. The molecule has 1 heterocycles. The summed E-state index contributed by atoms with van der Waals surface area (Å²) in [7, 11) is 0. The average molecular weight is 272 g/mol. The van der Waals surface area contributed by atoms with E-state index in [4.69, 9.17) is 0 Å². The Hall–Kier alpha value is -1.94. The van der Waals surface area contributed by atoms with Crippen molar-refractivity contribution < 1.29 is 4.79 Å². The smallest absolute Gasteiger partial charge is 0.266 e. The number of hydrazone groups is 1. The molecule has 1 aromatic carbocycles. The van der Waals surface area contributed by atoms with Crippen molar-refractivity contribution >= 4 is 23.5 Å². The molecule has 0 aliphatic rings. The minimum absolute atomic E-state index is 0.176. The number of nitrogens with zero attached hydrogens (tertiary/aromatic N) is 1. The highest BCUT2D eigenvalue weighted by molar-refractivity contribution is 7.12. The zero-order valence-corrected chi connectivity index (χ0v) is 11.8. The number of hydrogen-bond donors (Lipinski definition) is 1. The molecule has 2 rings (SSSR count). The third kappa shape index (κ3) is 3.76. The van der Waals surface area contributed by atoms with E-state index in [9.17, 15) is 4.79 Å². The number of rotatable bonds is 4. The van der Waals surface area contributed by atoms with Gasteiger partial charge in [-0.1, -0.05) is 44.2 Å². The van der Waals surface area contributed by atoms with Crippen LogP contribution in [0.3, 0.4) is 0 Å². The molecule has 1 N–H and O–H groups in total. The van der Waals surface area contributed by atoms with Crippen LogP contribution in [0.25, 0.3) is 0 Å². The van der Waals surface area contributed by atoms with Crippen LogP contribution in [0.5, 0.6) is 0 Å². The molecule has 0 bridgehead atoms. The summed E-state index contributed by atoms with van der Waals surface area (Å²) in [5.74, 6) is 0.342. The second kappa shape index (κ2) is 6.29. The first-order valence-electron chi connectivity index (χ1n) is 6.13. The molecule has 0 aliphatic heterocycles. The molecule has 0 aliphatic carbocycles. The van der Waals surface area contributed by atoms with Gasteiger partial charge in [-0.2, -0.15) is 5.10 Å². The molecule has 2 aromatic rings. The van der Waals surface area contributed by atoms with Crippen molar-refractivity contribution in [2.75, 3.05) is 0 Å². The van der Waals surface area contributed by atoms with Crippen LogP contribution >= 0.6 is 11.3 Å². The highest BCUT2D eigenvalue weighted by atomic mass is 32.1. The van der Waals surface area contributed by atoms with Gasteiger partial charge >= 0.3 is 0 Å². The van der Waals surface area contributed by atoms with Gasteiger partial charge in [-0.3, -0.25) is 4.79 Å². The first kappa shape index (κ1) is 13.5. The molecule has 3 nitrogen and oxygen atoms in total. The van der Waals surface area contributed by atoms with Crippen molar-refractivity contribution in [1.82, 2.24) is 5.43 Å². The molecule has 98 valence electrons. The standard InChI is InChI=1S/C15H16N2OS/c1-11(2)13-7-5-12(6-8-13)10-16-17-15(18)14-4-3-9-19-14/h3-11H,1-2H3,(H,17,18)/b16-10-. The van der Waals surface area contributed by atoms with Gasteiger partial charge in [0.25, 0.3) is 5.91 Å². The average Bonchev–Trinajstić information content (AvgIpc) is 2.93. The summed E-state index contributed by atoms with van der Waals surface area (Å²) in [4.78, 5) is 12.3. The Balaban J connectivity index is 1.94. The number of carbonyl (C=O) groups excluding carboxylic acids is 1. The maximum atomic E-state index is 11.6. The molecular weight excluding hydrogens is 256 g/mol. The van der Waals surface area contributed by atoms with Crippen LogP contribution in [-0.4, -0.2) is 12.1 Å². The minimum Gasteiger partial charge on any atom is -0.266 e. The number of hydrogen-bond acceptors (Lipinski definition) is 3. The van der Waals surface area contributed by atoms with Crippen LogP contribution in [-0.2, 0) is 0 Å². The van der Waals surface area contributed by atoms with Crippen LogP contribution in [0.2, 0.25) is 0 Å². The minimum atomic E-state index is -0.176. The van der Waals surface area contributed by atoms with E-state index in [1.54, 1.807) is 12.3 Å². The Labute approximate surface area is 117 Å². The maximum absolute atomic E-state index is 11.6. The van der Waals surface area contributed by atoms with Crippen molar-refractivity contribution in [2.24, 2.45) is 5.10 Å². The van der Waals surface area contributed by atoms with Crippen molar-refractivity contribution in [3.63, 3.8) is 0 Å². The molecule has 4 heteroatoms. The van der Waals surface area contributed by atoms with Crippen LogP contribution in [0, 0.1) is 0 Å². The SMILES string of the molecule is CC(C)c1ccc(/C=N\NC(=O)c2cccs2)cc1. The molecule has 0 atom stereocenters. The Bertz CT molecular complexity index is 556. The molecule has 0 radical (unpaired) electrons. The van der Waals surface area contributed by atoms with Crippen molar-refractivity contribution in [2.45, 2.75) is 19.8 Å². The van der Waals surface area contributed by atoms with Crippen molar-refractivity contribution in [3.05, 3.63) is 57.8 Å². The fourth-order valence-corrected chi connectivity index (χ4v) is 2.21. The van der Waals surface area contributed by atoms with Crippen LogP contribution < -0.4 is 5.43 Å². The molecule has 1 aromatic heterocycles. The lowest BCUT2D eigenvalue weighted by atomic mass is 10.0. The van der Waals surface area contributed by atoms with Gasteiger partial charge in [-0.25, -0.2) is 5.43 Å². The summed E-state index contributed by atoms with van der Waals surface area (Å²) in [6, 6.07) is 11.8. The van der Waals surface area contributed by atoms with Crippen LogP contribution in [0.1, 0.15) is 40.6 Å². The summed E-state index contributed by atoms with van der Waals surface area (Å²) in [6.45, 7) is 4.31. The molecule has 19 heavy (non-hydrogen) atoms. The van der Waals surface area contributed by atoms with Gasteiger partial charge < -0.3 is 0 Å². The number of thiophene rings is 1. The summed E-state index contributed by atoms with van der Waals surface area (Å²) < 4.78 is 0. The maximum Gasteiger partial charge on any atom is 0.281 e. The van der Waals surface area contributed by atoms with E-state index in [0.717, 1.165) is 5.56 Å². The fourth-order valence-electron chi connectivity index (χ4n) is 1.60. The van der Waals surface area contributed by atoms with Gasteiger partial charge in [0.15, 0.2) is 0 Å². The lowest BCUT2D eigenvalue weighted by molar-refractivity contribution is 0.0959. The Morgan fingerprint density at radius 1 is 1.26 bits per heavy atom. The lowest BCUT2D eigenvalue weighted by Crippen LogP contribution is -2.16. The van der Waals surface area contributed by atoms with Gasteiger partial charge in [0, 0.05) is 0 Å². The lowest BCUT2D eigenvalue weighted by Gasteiger charge is -2.04. The zero-order valence-electron chi connectivity index (χ0n) is 11.0. The monoisotopic (exact) mass is 272 g/mol. The topological polar surface area (TPSA) is 41.5 Å². The number of amides is 1. The molecule has 0 saturated carbocycles. The molecule has 0 spiro atoms. The molecule has 1 amide bonds. The largest absolute Gasteiger partial charge is 0.281 e. The number of benzene rings is 1. The van der Waals surface area contributed by atoms with Crippen LogP contribution in [0.15, 0.2) is 46.9 Å². The van der Waals surface area contributed by atoms with E-state index >= 15 is 0 Å². The van der Waals surface area contributed by atoms with E-state index in [1.807, 2.05) is 23.6 Å². The number of carbonyl (C=O) groups is 1. The molecule has 0 saturated heterocycles. The second-order valence-electron chi connectivity index (χ2n) is 4.50. The predicted molar refractivity (Wildman–Crippen MR) is 79.9 cm³/mol. The van der Waals surface area contributed by atoms with Gasteiger partial charge in [0.1, 0.15) is 0 Å². The normalized spacial score (nSPS) is 11.1. The highest BCUT2D eigenvalue weighted by Crippen LogP contribution is 2.13. The third-order valence-electron chi connectivity index (χ3n) is 2.73. The van der Waals surface area contributed by atoms with E-state index in [2.05, 4.69) is 36.5 Å². The summed E-state index contributed by atoms with van der Waals surface area (Å²) in [6.07, 6.45) is 1.65. The Morgan fingerprint density at radius 3 is 2.58 bits per heavy atom. The summed E-state index contributed by atoms with van der Waals surface area (Å²) in [5, 5.41) is 5.82. The zero-order chi connectivity index (χ0) is 13.7. The number of nitrogens with one attached hydrogen (secondary N) is 1. The van der Waals surface area contributed by atoms with Crippen molar-refractivity contribution in [1.29, 1.82) is 0 Å². The quantitative estimate of drug-likeness (QED) is 0.670. The Morgan fingerprint density at radius 2 is 2.00 bits per heavy atom. The van der Waals surface area contributed by atoms with Crippen molar-refractivity contribution in [3.8, 4) is 0 Å². The van der Waals surface area contributed by atoms with Gasteiger partial charge in [-0.15, -0.1) is 11.3 Å². The fraction of sp³-hybridized carbons (Fsp3) is 0.200. The van der Waals surface area contributed by atoms with Gasteiger partial charge in [0.2, 0.25) is 0 Å². The van der Waals surface area contributed by atoms with E-state index < -0.39 is 0 Å². The van der Waals surface area contributed by atoms with E-state index in [1.165, 1.54) is 16.9 Å². The van der Waals surface area contributed by atoms with E-state index in [0.29, 0.717) is 10.8 Å². The molecule has 0 unspecified atom stereocenters. The highest BCUT2D eigenvalue weighted by Gasteiger charge is 2.03. The molecular formula is C15H16N2OS. The third-order valence-corrected chi connectivity index (χ3v) is 3.60.